The summed E-state index contributed by atoms with van der Waals surface area (Å²) >= 11 is 0. The van der Waals surface area contributed by atoms with Crippen molar-refractivity contribution < 1.29 is 24.2 Å². The van der Waals surface area contributed by atoms with E-state index < -0.39 is 5.97 Å². The molecule has 2 rings (SSSR count). The molecule has 0 unspecified atom stereocenters. The number of ether oxygens (including phenoxy) is 2. The highest BCUT2D eigenvalue weighted by Crippen LogP contribution is 2.34. The fourth-order valence-electron chi connectivity index (χ4n) is 1.96. The molecule has 7 nitrogen and oxygen atoms in total. The molecule has 1 amide bonds. The number of fused-ring (bicyclic) bond motifs is 1. The normalized spacial score (nSPS) is 13.6. The quantitative estimate of drug-likeness (QED) is 0.790. The van der Waals surface area contributed by atoms with Gasteiger partial charge in [0, 0.05) is 12.1 Å². The number of carbonyl (C=O) groups is 2. The van der Waals surface area contributed by atoms with Crippen LogP contribution in [0.3, 0.4) is 0 Å². The van der Waals surface area contributed by atoms with Crippen LogP contribution in [0.5, 0.6) is 11.6 Å². The molecule has 0 fully saturated rings. The van der Waals surface area contributed by atoms with Crippen molar-refractivity contribution in [2.45, 2.75) is 6.42 Å². The van der Waals surface area contributed by atoms with Gasteiger partial charge >= 0.3 is 5.97 Å². The summed E-state index contributed by atoms with van der Waals surface area (Å²) in [5, 5.41) is 11.8. The topological polar surface area (TPSA) is 97.8 Å². The minimum absolute atomic E-state index is 0.00861. The van der Waals surface area contributed by atoms with E-state index in [1.807, 2.05) is 0 Å². The molecule has 0 aromatic carbocycles. The van der Waals surface area contributed by atoms with Crippen LogP contribution in [0.1, 0.15) is 26.4 Å². The molecular formula is C11H12N2O5. The van der Waals surface area contributed by atoms with Crippen molar-refractivity contribution in [2.24, 2.45) is 0 Å². The third-order valence-electron chi connectivity index (χ3n) is 2.71. The summed E-state index contributed by atoms with van der Waals surface area (Å²) < 4.78 is 10.1. The Hall–Kier alpha value is -2.31. The molecule has 1 aliphatic heterocycles. The Bertz CT molecular complexity index is 527. The van der Waals surface area contributed by atoms with Gasteiger partial charge in [-0.3, -0.25) is 4.79 Å². The second-order valence-electron chi connectivity index (χ2n) is 3.67. The number of carboxylic acids is 1. The molecule has 0 saturated carbocycles. The number of nitrogens with one attached hydrogen (secondary N) is 1. The van der Waals surface area contributed by atoms with Crippen LogP contribution in [-0.4, -0.2) is 42.7 Å². The van der Waals surface area contributed by atoms with E-state index >= 15 is 0 Å². The molecule has 0 atom stereocenters. The SMILES string of the molecule is COc1nc(C(=O)O)c2c(c1OC)C(=O)NCC2. The average Bonchev–Trinajstić information content (AvgIpc) is 2.36. The number of methoxy groups -OCH3 is 2. The van der Waals surface area contributed by atoms with E-state index in [0.29, 0.717) is 18.5 Å². The predicted molar refractivity (Wildman–Crippen MR) is 60.3 cm³/mol. The number of hydrogen-bond acceptors (Lipinski definition) is 5. The lowest BCUT2D eigenvalue weighted by atomic mass is 9.98. The van der Waals surface area contributed by atoms with Crippen LogP contribution in [0.25, 0.3) is 0 Å². The maximum atomic E-state index is 11.8. The lowest BCUT2D eigenvalue weighted by Gasteiger charge is -2.21. The van der Waals surface area contributed by atoms with E-state index in [-0.39, 0.29) is 28.8 Å². The summed E-state index contributed by atoms with van der Waals surface area (Å²) in [6, 6.07) is 0. The Morgan fingerprint density at radius 3 is 2.67 bits per heavy atom. The molecule has 2 heterocycles. The number of nitrogens with zero attached hydrogens (tertiary/aromatic N) is 1. The third kappa shape index (κ3) is 1.73. The standard InChI is InChI=1S/C11H12N2O5/c1-17-8-6-5(3-4-12-9(6)14)7(11(15)16)13-10(8)18-2/h3-4H2,1-2H3,(H,12,14)(H,15,16). The zero-order valence-electron chi connectivity index (χ0n) is 9.94. The molecule has 0 radical (unpaired) electrons. The van der Waals surface area contributed by atoms with Crippen molar-refractivity contribution in [1.82, 2.24) is 10.3 Å². The molecule has 2 N–H and O–H groups in total. The minimum atomic E-state index is -1.19. The maximum Gasteiger partial charge on any atom is 0.354 e. The highest BCUT2D eigenvalue weighted by molar-refractivity contribution is 6.03. The molecule has 1 aromatic rings. The number of hydrogen-bond donors (Lipinski definition) is 2. The van der Waals surface area contributed by atoms with Gasteiger partial charge in [0.1, 0.15) is 0 Å². The van der Waals surface area contributed by atoms with Crippen molar-refractivity contribution in [3.05, 3.63) is 16.8 Å². The van der Waals surface area contributed by atoms with E-state index in [9.17, 15) is 9.59 Å². The van der Waals surface area contributed by atoms with Gasteiger partial charge in [-0.25, -0.2) is 9.78 Å². The van der Waals surface area contributed by atoms with Crippen LogP contribution >= 0.6 is 0 Å². The maximum absolute atomic E-state index is 11.8. The number of carbonyl (C=O) groups excluding carboxylic acids is 1. The Labute approximate surface area is 103 Å². The first kappa shape index (κ1) is 12.2. The van der Waals surface area contributed by atoms with Gasteiger partial charge in [0.2, 0.25) is 0 Å². The summed E-state index contributed by atoms with van der Waals surface area (Å²) in [6.07, 6.45) is 0.399. The number of rotatable bonds is 3. The molecule has 1 aromatic heterocycles. The second kappa shape index (κ2) is 4.52. The number of amides is 1. The van der Waals surface area contributed by atoms with Crippen molar-refractivity contribution in [3.8, 4) is 11.6 Å². The van der Waals surface area contributed by atoms with E-state index in [4.69, 9.17) is 14.6 Å². The lowest BCUT2D eigenvalue weighted by molar-refractivity contribution is 0.0687. The highest BCUT2D eigenvalue weighted by atomic mass is 16.5. The van der Waals surface area contributed by atoms with Crippen molar-refractivity contribution in [2.75, 3.05) is 20.8 Å². The molecule has 0 aliphatic carbocycles. The van der Waals surface area contributed by atoms with E-state index in [1.165, 1.54) is 14.2 Å². The molecule has 0 saturated heterocycles. The van der Waals surface area contributed by atoms with Crippen molar-refractivity contribution in [3.63, 3.8) is 0 Å². The predicted octanol–water partition coefficient (Wildman–Crippen LogP) is 0.0829. The fraction of sp³-hybridized carbons (Fsp3) is 0.364. The Balaban J connectivity index is 2.78. The summed E-state index contributed by atoms with van der Waals surface area (Å²) in [4.78, 5) is 26.9. The van der Waals surface area contributed by atoms with Gasteiger partial charge in [0.25, 0.3) is 11.8 Å². The van der Waals surface area contributed by atoms with Crippen LogP contribution in [0, 0.1) is 0 Å². The van der Waals surface area contributed by atoms with Gasteiger partial charge in [-0.05, 0) is 6.42 Å². The van der Waals surface area contributed by atoms with E-state index in [1.54, 1.807) is 0 Å². The summed E-state index contributed by atoms with van der Waals surface area (Å²) in [5.74, 6) is -1.42. The summed E-state index contributed by atoms with van der Waals surface area (Å²) in [7, 11) is 2.71. The number of aromatic nitrogens is 1. The van der Waals surface area contributed by atoms with Gasteiger partial charge in [-0.2, -0.15) is 0 Å². The van der Waals surface area contributed by atoms with Crippen LogP contribution in [0.2, 0.25) is 0 Å². The number of carboxylic acid groups (broad SMARTS) is 1. The van der Waals surface area contributed by atoms with Gasteiger partial charge in [0.15, 0.2) is 11.4 Å². The molecule has 7 heteroatoms. The largest absolute Gasteiger partial charge is 0.491 e. The van der Waals surface area contributed by atoms with Gasteiger partial charge in [-0.15, -0.1) is 0 Å². The second-order valence-corrected chi connectivity index (χ2v) is 3.67. The first-order valence-electron chi connectivity index (χ1n) is 5.26. The molecule has 0 spiro atoms. The zero-order chi connectivity index (χ0) is 13.3. The van der Waals surface area contributed by atoms with Gasteiger partial charge < -0.3 is 19.9 Å². The molecular weight excluding hydrogens is 240 g/mol. The number of pyridine rings is 1. The molecule has 0 bridgehead atoms. The Morgan fingerprint density at radius 1 is 1.39 bits per heavy atom. The van der Waals surface area contributed by atoms with Gasteiger partial charge in [-0.1, -0.05) is 0 Å². The Kier molecular flexibility index (Phi) is 3.05. The van der Waals surface area contributed by atoms with Crippen molar-refractivity contribution in [1.29, 1.82) is 0 Å². The van der Waals surface area contributed by atoms with Crippen LogP contribution in [0.4, 0.5) is 0 Å². The molecule has 18 heavy (non-hydrogen) atoms. The highest BCUT2D eigenvalue weighted by Gasteiger charge is 2.30. The van der Waals surface area contributed by atoms with Crippen LogP contribution in [-0.2, 0) is 6.42 Å². The van der Waals surface area contributed by atoms with Crippen LogP contribution < -0.4 is 14.8 Å². The minimum Gasteiger partial charge on any atom is -0.491 e. The summed E-state index contributed by atoms with van der Waals surface area (Å²) in [5.41, 5.74) is 0.398. The smallest absolute Gasteiger partial charge is 0.354 e. The lowest BCUT2D eigenvalue weighted by Crippen LogP contribution is -2.34. The molecule has 1 aliphatic rings. The van der Waals surface area contributed by atoms with Gasteiger partial charge in [0.05, 0.1) is 19.8 Å². The average molecular weight is 252 g/mol. The zero-order valence-corrected chi connectivity index (χ0v) is 9.94. The Morgan fingerprint density at radius 2 is 2.11 bits per heavy atom. The molecule has 96 valence electrons. The monoisotopic (exact) mass is 252 g/mol. The first-order chi connectivity index (χ1) is 8.60. The fourth-order valence-corrected chi connectivity index (χ4v) is 1.96. The van der Waals surface area contributed by atoms with E-state index in [2.05, 4.69) is 10.3 Å². The van der Waals surface area contributed by atoms with Crippen LogP contribution in [0.15, 0.2) is 0 Å². The third-order valence-corrected chi connectivity index (χ3v) is 2.71. The van der Waals surface area contributed by atoms with Crippen molar-refractivity contribution >= 4 is 11.9 Å². The first-order valence-corrected chi connectivity index (χ1v) is 5.26. The number of aromatic carboxylic acids is 1. The summed E-state index contributed by atoms with van der Waals surface area (Å²) in [6.45, 7) is 0.378. The van der Waals surface area contributed by atoms with E-state index in [0.717, 1.165) is 0 Å².